The summed E-state index contributed by atoms with van der Waals surface area (Å²) in [7, 11) is 0. The lowest BCUT2D eigenvalue weighted by Crippen LogP contribution is -2.47. The molecule has 0 atom stereocenters. The van der Waals surface area contributed by atoms with E-state index in [-0.39, 0.29) is 42.8 Å². The molecule has 0 unspecified atom stereocenters. The molecule has 1 N–H and O–H groups in total. The van der Waals surface area contributed by atoms with Crippen LogP contribution < -0.4 is 19.9 Å². The number of hydrogen-bond acceptors (Lipinski definition) is 4. The minimum atomic E-state index is -2.20. The van der Waals surface area contributed by atoms with Crippen LogP contribution in [0.25, 0.3) is 0 Å². The van der Waals surface area contributed by atoms with Crippen molar-refractivity contribution < 1.29 is 31.5 Å². The molecule has 0 aliphatic carbocycles. The quantitative estimate of drug-likeness (QED) is 0.201. The molecule has 37 heavy (non-hydrogen) atoms. The van der Waals surface area contributed by atoms with E-state index in [0.717, 1.165) is 4.90 Å². The van der Waals surface area contributed by atoms with E-state index in [0.29, 0.717) is 22.1 Å². The van der Waals surface area contributed by atoms with E-state index in [4.69, 9.17) is 39.5 Å². The predicted octanol–water partition coefficient (Wildman–Crippen LogP) is 6.69. The molecule has 1 amide bonds. The Bertz CT molecular complexity index is 1320. The molecule has 1 heterocycles. The molecule has 1 fully saturated rings. The number of nitrogens with zero attached hydrogens (tertiary/aromatic N) is 2. The molecule has 0 spiro atoms. The van der Waals surface area contributed by atoms with Gasteiger partial charge in [-0.15, -0.1) is 0 Å². The van der Waals surface area contributed by atoms with Gasteiger partial charge in [0.15, 0.2) is 29.9 Å². The second-order valence-corrected chi connectivity index (χ2v) is 9.22. The largest absolute Gasteiger partial charge is 0.482 e. The lowest BCUT2D eigenvalue weighted by atomic mass is 10.2. The number of piperazine rings is 1. The average molecular weight is 581 g/mol. The molecule has 0 radical (unpaired) electrons. The summed E-state index contributed by atoms with van der Waals surface area (Å²) in [5, 5.41) is 3.61. The highest BCUT2D eigenvalue weighted by Crippen LogP contribution is 2.34. The third-order valence-corrected chi connectivity index (χ3v) is 6.44. The number of benzene rings is 3. The van der Waals surface area contributed by atoms with E-state index >= 15 is 0 Å². The first-order chi connectivity index (χ1) is 17.6. The van der Waals surface area contributed by atoms with Gasteiger partial charge in [0.05, 0.1) is 15.7 Å². The van der Waals surface area contributed by atoms with Crippen molar-refractivity contribution in [3.8, 4) is 5.75 Å². The third-order valence-electron chi connectivity index (χ3n) is 5.61. The minimum Gasteiger partial charge on any atom is -0.482 e. The molecule has 1 saturated heterocycles. The SMILES string of the molecule is O=C(COc1ccc(Cl)cc1Cl)Nc1ccc(N2CCN(c3c(F)c(F)c(F)c(F)c3F)CC2)c(Cl)c1. The van der Waals surface area contributed by atoms with E-state index in [2.05, 4.69) is 5.32 Å². The number of halogens is 8. The van der Waals surface area contributed by atoms with Gasteiger partial charge in [-0.2, -0.15) is 0 Å². The number of nitrogens with one attached hydrogen (secondary N) is 1. The number of ether oxygens (including phenoxy) is 1. The zero-order valence-electron chi connectivity index (χ0n) is 18.7. The summed E-state index contributed by atoms with van der Waals surface area (Å²) in [6, 6.07) is 9.35. The van der Waals surface area contributed by atoms with Gasteiger partial charge >= 0.3 is 0 Å². The zero-order chi connectivity index (χ0) is 26.9. The van der Waals surface area contributed by atoms with Crippen molar-refractivity contribution in [2.24, 2.45) is 0 Å². The summed E-state index contributed by atoms with van der Waals surface area (Å²) >= 11 is 18.2. The summed E-state index contributed by atoms with van der Waals surface area (Å²) in [4.78, 5) is 15.1. The van der Waals surface area contributed by atoms with Gasteiger partial charge in [0.2, 0.25) is 5.82 Å². The molecular formula is C24H17Cl3F5N3O2. The Morgan fingerprint density at radius 1 is 0.784 bits per heavy atom. The monoisotopic (exact) mass is 579 g/mol. The number of rotatable bonds is 6. The van der Waals surface area contributed by atoms with Gasteiger partial charge in [-0.25, -0.2) is 22.0 Å². The maximum Gasteiger partial charge on any atom is 0.262 e. The highest BCUT2D eigenvalue weighted by molar-refractivity contribution is 6.35. The van der Waals surface area contributed by atoms with Gasteiger partial charge in [-0.1, -0.05) is 34.8 Å². The van der Waals surface area contributed by atoms with Gasteiger partial charge in [0.1, 0.15) is 11.4 Å². The summed E-state index contributed by atoms with van der Waals surface area (Å²) in [5.74, 6) is -10.1. The number of carbonyl (C=O) groups is 1. The lowest BCUT2D eigenvalue weighted by molar-refractivity contribution is -0.118. The molecule has 196 valence electrons. The number of carbonyl (C=O) groups excluding carboxylic acids is 1. The van der Waals surface area contributed by atoms with E-state index in [9.17, 15) is 26.7 Å². The second kappa shape index (κ2) is 11.2. The topological polar surface area (TPSA) is 44.8 Å². The van der Waals surface area contributed by atoms with Crippen molar-refractivity contribution in [3.63, 3.8) is 0 Å². The van der Waals surface area contributed by atoms with Crippen LogP contribution in [0, 0.1) is 29.1 Å². The average Bonchev–Trinajstić information content (AvgIpc) is 2.86. The van der Waals surface area contributed by atoms with Crippen LogP contribution in [-0.2, 0) is 4.79 Å². The normalized spacial score (nSPS) is 13.6. The van der Waals surface area contributed by atoms with Crippen molar-refractivity contribution in [1.82, 2.24) is 0 Å². The van der Waals surface area contributed by atoms with Crippen LogP contribution in [0.4, 0.5) is 39.0 Å². The summed E-state index contributed by atoms with van der Waals surface area (Å²) in [6.07, 6.45) is 0. The van der Waals surface area contributed by atoms with Gasteiger partial charge < -0.3 is 19.9 Å². The third kappa shape index (κ3) is 5.81. The molecule has 0 saturated carbocycles. The van der Waals surface area contributed by atoms with Crippen LogP contribution in [-0.4, -0.2) is 38.7 Å². The van der Waals surface area contributed by atoms with Crippen molar-refractivity contribution in [3.05, 3.63) is 80.6 Å². The van der Waals surface area contributed by atoms with Crippen LogP contribution >= 0.6 is 34.8 Å². The molecule has 3 aromatic carbocycles. The maximum absolute atomic E-state index is 14.2. The van der Waals surface area contributed by atoms with Gasteiger partial charge in [0, 0.05) is 36.9 Å². The van der Waals surface area contributed by atoms with Crippen LogP contribution in [0.15, 0.2) is 36.4 Å². The van der Waals surface area contributed by atoms with E-state index in [1.807, 2.05) is 0 Å². The molecule has 1 aliphatic rings. The highest BCUT2D eigenvalue weighted by Gasteiger charge is 2.31. The fourth-order valence-corrected chi connectivity index (χ4v) is 4.58. The second-order valence-electron chi connectivity index (χ2n) is 7.97. The van der Waals surface area contributed by atoms with E-state index in [1.54, 1.807) is 23.1 Å². The molecule has 1 aliphatic heterocycles. The van der Waals surface area contributed by atoms with Crippen molar-refractivity contribution >= 4 is 57.8 Å². The first kappa shape index (κ1) is 27.1. The standard InChI is InChI=1S/C24H17Cl3F5N3O2/c25-12-1-4-17(15(27)9-12)37-11-18(36)33-13-2-3-16(14(26)10-13)34-5-7-35(8-6-34)24-22(31)20(29)19(28)21(30)23(24)32/h1-4,9-10H,5-8,11H2,(H,33,36). The Labute approximate surface area is 223 Å². The van der Waals surface area contributed by atoms with Gasteiger partial charge in [0.25, 0.3) is 5.91 Å². The van der Waals surface area contributed by atoms with E-state index < -0.39 is 40.7 Å². The molecule has 3 aromatic rings. The summed E-state index contributed by atoms with van der Waals surface area (Å²) < 4.78 is 74.2. The smallest absolute Gasteiger partial charge is 0.262 e. The molecule has 0 aromatic heterocycles. The minimum absolute atomic E-state index is 0.0161. The van der Waals surface area contributed by atoms with Crippen LogP contribution in [0.2, 0.25) is 15.1 Å². The highest BCUT2D eigenvalue weighted by atomic mass is 35.5. The Kier molecular flexibility index (Phi) is 8.20. The summed E-state index contributed by atoms with van der Waals surface area (Å²) in [6.45, 7) is 0.0388. The maximum atomic E-state index is 14.2. The molecular weight excluding hydrogens is 564 g/mol. The Morgan fingerprint density at radius 3 is 1.97 bits per heavy atom. The fraction of sp³-hybridized carbons (Fsp3) is 0.208. The van der Waals surface area contributed by atoms with Crippen molar-refractivity contribution in [1.29, 1.82) is 0 Å². The number of anilines is 3. The Hall–Kier alpha value is -2.95. The van der Waals surface area contributed by atoms with Gasteiger partial charge in [-0.3, -0.25) is 4.79 Å². The fourth-order valence-electron chi connectivity index (χ4n) is 3.82. The summed E-state index contributed by atoms with van der Waals surface area (Å²) in [5.41, 5.74) is 0.00725. The van der Waals surface area contributed by atoms with Crippen LogP contribution in [0.1, 0.15) is 0 Å². The molecule has 5 nitrogen and oxygen atoms in total. The number of hydrogen-bond donors (Lipinski definition) is 1. The van der Waals surface area contributed by atoms with Crippen LogP contribution in [0.5, 0.6) is 5.75 Å². The molecule has 0 bridgehead atoms. The zero-order valence-corrected chi connectivity index (χ0v) is 21.0. The first-order valence-electron chi connectivity index (χ1n) is 10.8. The van der Waals surface area contributed by atoms with Crippen molar-refractivity contribution in [2.45, 2.75) is 0 Å². The predicted molar refractivity (Wildman–Crippen MR) is 133 cm³/mol. The molecule has 4 rings (SSSR count). The number of amides is 1. The first-order valence-corrected chi connectivity index (χ1v) is 11.9. The van der Waals surface area contributed by atoms with E-state index in [1.165, 1.54) is 18.2 Å². The lowest BCUT2D eigenvalue weighted by Gasteiger charge is -2.38. The van der Waals surface area contributed by atoms with Crippen molar-refractivity contribution in [2.75, 3.05) is 47.9 Å². The van der Waals surface area contributed by atoms with Crippen LogP contribution in [0.3, 0.4) is 0 Å². The Balaban J connectivity index is 1.37. The Morgan fingerprint density at radius 2 is 1.38 bits per heavy atom. The molecule has 13 heteroatoms. The van der Waals surface area contributed by atoms with Gasteiger partial charge in [-0.05, 0) is 36.4 Å².